The van der Waals surface area contributed by atoms with Crippen molar-refractivity contribution in [1.82, 2.24) is 0 Å². The summed E-state index contributed by atoms with van der Waals surface area (Å²) in [5, 5.41) is 0. The third-order valence-corrected chi connectivity index (χ3v) is 3.13. The van der Waals surface area contributed by atoms with Gasteiger partial charge in [0.2, 0.25) is 12.3 Å². The molecule has 0 spiro atoms. The summed E-state index contributed by atoms with van der Waals surface area (Å²) < 4.78 is 31.1. The molecule has 2 atom stereocenters. The van der Waals surface area contributed by atoms with Gasteiger partial charge in [-0.25, -0.2) is 4.79 Å². The van der Waals surface area contributed by atoms with Crippen LogP contribution >= 0.6 is 8.03 Å². The van der Waals surface area contributed by atoms with E-state index in [9.17, 15) is 14.2 Å². The highest BCUT2D eigenvalue weighted by atomic mass is 31.1. The van der Waals surface area contributed by atoms with E-state index >= 15 is 0 Å². The summed E-state index contributed by atoms with van der Waals surface area (Å²) in [6, 6.07) is 0. The molecule has 2 unspecified atom stereocenters. The molecule has 0 aromatic rings. The van der Waals surface area contributed by atoms with Crippen LogP contribution < -0.4 is 0 Å². The third kappa shape index (κ3) is 9.90. The normalized spacial score (nSPS) is 11.7. The Bertz CT molecular complexity index is 461. The lowest BCUT2D eigenvalue weighted by atomic mass is 10.2. The number of esters is 2. The van der Waals surface area contributed by atoms with Crippen molar-refractivity contribution in [1.29, 1.82) is 0 Å². The van der Waals surface area contributed by atoms with Gasteiger partial charge in [-0.2, -0.15) is 0 Å². The maximum atomic E-state index is 11.7. The number of ether oxygens (including phenoxy) is 3. The van der Waals surface area contributed by atoms with Crippen molar-refractivity contribution in [3.63, 3.8) is 0 Å². The van der Waals surface area contributed by atoms with E-state index in [0.717, 1.165) is 0 Å². The molecule has 0 radical (unpaired) electrons. The highest BCUT2D eigenvalue weighted by molar-refractivity contribution is 7.39. The molecule has 0 saturated carbocycles. The summed E-state index contributed by atoms with van der Waals surface area (Å²) in [6.07, 6.45) is 8.16. The van der Waals surface area contributed by atoms with Gasteiger partial charge in [0.05, 0.1) is 13.0 Å². The van der Waals surface area contributed by atoms with E-state index in [-0.39, 0.29) is 26.0 Å². The lowest BCUT2D eigenvalue weighted by Gasteiger charge is -2.09. The summed E-state index contributed by atoms with van der Waals surface area (Å²) in [6.45, 7) is 1.94. The smallest absolute Gasteiger partial charge is 0.452 e. The fraction of sp³-hybridized carbons (Fsp3) is 0.571. The number of terminal acetylenes is 2. The van der Waals surface area contributed by atoms with E-state index < -0.39 is 32.5 Å². The van der Waals surface area contributed by atoms with Crippen LogP contribution in [0.25, 0.3) is 0 Å². The first-order valence-electron chi connectivity index (χ1n) is 6.43. The Labute approximate surface area is 130 Å². The number of hydrogen-bond acceptors (Lipinski definition) is 7. The van der Waals surface area contributed by atoms with Crippen molar-refractivity contribution < 1.29 is 32.9 Å². The summed E-state index contributed by atoms with van der Waals surface area (Å²) in [4.78, 5) is 23.2. The van der Waals surface area contributed by atoms with Gasteiger partial charge in [-0.3, -0.25) is 4.79 Å². The second-order valence-electron chi connectivity index (χ2n) is 3.73. The van der Waals surface area contributed by atoms with Crippen LogP contribution in [0, 0.1) is 24.7 Å². The molecule has 0 saturated heterocycles. The van der Waals surface area contributed by atoms with Gasteiger partial charge in [0.1, 0.15) is 0 Å². The first kappa shape index (κ1) is 20.1. The molecule has 0 aromatic heterocycles. The van der Waals surface area contributed by atoms with Crippen molar-refractivity contribution in [2.24, 2.45) is 0 Å². The Morgan fingerprint density at radius 3 is 2.41 bits per heavy atom. The first-order chi connectivity index (χ1) is 10.5. The van der Waals surface area contributed by atoms with E-state index in [1.807, 2.05) is 0 Å². The number of hydrogen-bond donors (Lipinski definition) is 0. The molecule has 7 nitrogen and oxygen atoms in total. The molecular formula is C14H18O7P+. The van der Waals surface area contributed by atoms with E-state index in [2.05, 4.69) is 21.3 Å². The highest BCUT2D eigenvalue weighted by Crippen LogP contribution is 2.26. The van der Waals surface area contributed by atoms with Crippen LogP contribution in [0.1, 0.15) is 13.3 Å². The molecule has 120 valence electrons. The Morgan fingerprint density at radius 2 is 1.82 bits per heavy atom. The molecule has 0 aliphatic rings. The molecule has 0 aliphatic heterocycles. The topological polar surface area (TPSA) is 88.1 Å². The fourth-order valence-corrected chi connectivity index (χ4v) is 2.01. The van der Waals surface area contributed by atoms with Crippen molar-refractivity contribution in [2.75, 3.05) is 32.6 Å². The predicted molar refractivity (Wildman–Crippen MR) is 78.0 cm³/mol. The Balaban J connectivity index is 4.54. The summed E-state index contributed by atoms with van der Waals surface area (Å²) in [5.41, 5.74) is 0. The molecule has 0 fully saturated rings. The molecule has 22 heavy (non-hydrogen) atoms. The second kappa shape index (κ2) is 12.8. The minimum Gasteiger partial charge on any atom is -0.452 e. The van der Waals surface area contributed by atoms with Gasteiger partial charge in [-0.1, -0.05) is 11.8 Å². The first-order valence-corrected chi connectivity index (χ1v) is 7.79. The average molecular weight is 329 g/mol. The van der Waals surface area contributed by atoms with Gasteiger partial charge in [-0.15, -0.1) is 17.4 Å². The lowest BCUT2D eigenvalue weighted by molar-refractivity contribution is -0.156. The van der Waals surface area contributed by atoms with Gasteiger partial charge >= 0.3 is 20.0 Å². The second-order valence-corrected chi connectivity index (χ2v) is 5.05. The van der Waals surface area contributed by atoms with E-state index in [1.54, 1.807) is 6.92 Å². The molecule has 0 heterocycles. The number of carbonyl (C=O) groups is 2. The van der Waals surface area contributed by atoms with Crippen molar-refractivity contribution >= 4 is 20.0 Å². The lowest BCUT2D eigenvalue weighted by Crippen LogP contribution is -2.28. The Kier molecular flexibility index (Phi) is 11.7. The minimum absolute atomic E-state index is 0.0848. The van der Waals surface area contributed by atoms with Gasteiger partial charge in [0.25, 0.3) is 0 Å². The van der Waals surface area contributed by atoms with Gasteiger partial charge in [-0.05, 0) is 11.5 Å². The molecule has 0 rings (SSSR count). The third-order valence-electron chi connectivity index (χ3n) is 2.10. The Morgan fingerprint density at radius 1 is 1.18 bits per heavy atom. The summed E-state index contributed by atoms with van der Waals surface area (Å²) in [5.74, 6) is 2.55. The molecule has 0 N–H and O–H groups in total. The van der Waals surface area contributed by atoms with Crippen LogP contribution in [0.2, 0.25) is 0 Å². The molecular weight excluding hydrogens is 311 g/mol. The molecule has 8 heteroatoms. The molecule has 0 aliphatic carbocycles. The largest absolute Gasteiger partial charge is 0.511 e. The van der Waals surface area contributed by atoms with Gasteiger partial charge in [0, 0.05) is 6.61 Å². The van der Waals surface area contributed by atoms with E-state index in [1.165, 1.54) is 0 Å². The standard InChI is InChI=1S/C14H18O7P/c1-4-7-19-13(15)11-12(14(16)20-8-5-2)21-22(17)10-9-18-6-3/h1-2,12H,6-11H2,3H3/q+1. The number of carbonyl (C=O) groups excluding carboxylic acids is 2. The average Bonchev–Trinajstić information content (AvgIpc) is 2.50. The van der Waals surface area contributed by atoms with Crippen molar-refractivity contribution in [2.45, 2.75) is 19.4 Å². The Hall–Kier alpha value is -1.92. The van der Waals surface area contributed by atoms with E-state index in [0.29, 0.717) is 6.61 Å². The quantitative estimate of drug-likeness (QED) is 0.241. The number of rotatable bonds is 11. The minimum atomic E-state index is -2.20. The van der Waals surface area contributed by atoms with Crippen molar-refractivity contribution in [3.8, 4) is 24.7 Å². The van der Waals surface area contributed by atoms with Crippen LogP contribution in [-0.4, -0.2) is 50.6 Å². The maximum Gasteiger partial charge on any atom is 0.511 e. The maximum absolute atomic E-state index is 11.7. The van der Waals surface area contributed by atoms with Crippen LogP contribution in [0.15, 0.2) is 0 Å². The molecule has 0 aromatic carbocycles. The summed E-state index contributed by atoms with van der Waals surface area (Å²) >= 11 is 0. The SMILES string of the molecule is C#CCOC(=O)CC(O[P+](=O)CCOCC)C(=O)OCC#C. The molecule has 0 amide bonds. The monoisotopic (exact) mass is 329 g/mol. The highest BCUT2D eigenvalue weighted by Gasteiger charge is 2.34. The van der Waals surface area contributed by atoms with Crippen molar-refractivity contribution in [3.05, 3.63) is 0 Å². The zero-order chi connectivity index (χ0) is 16.8. The van der Waals surface area contributed by atoms with Crippen LogP contribution in [0.4, 0.5) is 0 Å². The van der Waals surface area contributed by atoms with Gasteiger partial charge < -0.3 is 14.2 Å². The molecule has 0 bridgehead atoms. The van der Waals surface area contributed by atoms with Crippen LogP contribution in [0.5, 0.6) is 0 Å². The fourth-order valence-electron chi connectivity index (χ4n) is 1.18. The predicted octanol–water partition coefficient (Wildman–Crippen LogP) is 0.893. The van der Waals surface area contributed by atoms with Crippen LogP contribution in [-0.2, 0) is 32.9 Å². The van der Waals surface area contributed by atoms with E-state index in [4.69, 9.17) is 22.1 Å². The van der Waals surface area contributed by atoms with Gasteiger partial charge in [0.15, 0.2) is 13.2 Å². The zero-order valence-corrected chi connectivity index (χ0v) is 13.2. The van der Waals surface area contributed by atoms with Crippen LogP contribution in [0.3, 0.4) is 0 Å². The zero-order valence-electron chi connectivity index (χ0n) is 12.3. The summed E-state index contributed by atoms with van der Waals surface area (Å²) in [7, 11) is -2.20.